The molecule has 0 aromatic heterocycles. The monoisotopic (exact) mass is 343 g/mol. The lowest BCUT2D eigenvalue weighted by atomic mass is 9.53. The fraction of sp³-hybridized carbons (Fsp3) is 0.600. The van der Waals surface area contributed by atoms with Crippen LogP contribution in [0.5, 0.6) is 5.75 Å². The van der Waals surface area contributed by atoms with Crippen LogP contribution in [0.3, 0.4) is 0 Å². The van der Waals surface area contributed by atoms with E-state index in [1.807, 2.05) is 0 Å². The average Bonchev–Trinajstić information content (AvgIpc) is 2.53. The predicted octanol–water partition coefficient (Wildman–Crippen LogP) is 3.02. The molecule has 4 aliphatic rings. The number of rotatable bonds is 4. The molecule has 0 radical (unpaired) electrons. The molecule has 0 aliphatic heterocycles. The van der Waals surface area contributed by atoms with Gasteiger partial charge in [-0.25, -0.2) is 4.79 Å². The highest BCUT2D eigenvalue weighted by molar-refractivity contribution is 5.92. The zero-order valence-electron chi connectivity index (χ0n) is 14.5. The minimum absolute atomic E-state index is 0.0783. The second kappa shape index (κ2) is 6.04. The van der Waals surface area contributed by atoms with Gasteiger partial charge in [0.05, 0.1) is 5.56 Å². The molecule has 4 bridgehead atoms. The number of ether oxygens (including phenoxy) is 1. The van der Waals surface area contributed by atoms with Crippen LogP contribution in [-0.4, -0.2) is 28.6 Å². The quantitative estimate of drug-likeness (QED) is 0.824. The highest BCUT2D eigenvalue weighted by Crippen LogP contribution is 2.55. The first-order valence-corrected chi connectivity index (χ1v) is 9.24. The molecular formula is C20H25NO4. The van der Waals surface area contributed by atoms with Gasteiger partial charge in [0.25, 0.3) is 5.91 Å². The molecule has 4 aliphatic carbocycles. The predicted molar refractivity (Wildman–Crippen MR) is 92.0 cm³/mol. The summed E-state index contributed by atoms with van der Waals surface area (Å²) in [5.74, 6) is 1.59. The van der Waals surface area contributed by atoms with Crippen molar-refractivity contribution in [3.8, 4) is 5.75 Å². The van der Waals surface area contributed by atoms with Crippen molar-refractivity contribution in [1.82, 2.24) is 5.32 Å². The lowest BCUT2D eigenvalue weighted by Crippen LogP contribution is -2.61. The Balaban J connectivity index is 1.38. The summed E-state index contributed by atoms with van der Waals surface area (Å²) in [6.45, 7) is 1.62. The number of hydrogen-bond acceptors (Lipinski definition) is 4. The summed E-state index contributed by atoms with van der Waals surface area (Å²) in [5.41, 5.74) is 0.248. The number of benzene rings is 1. The zero-order valence-corrected chi connectivity index (χ0v) is 14.5. The summed E-state index contributed by atoms with van der Waals surface area (Å²) in [5, 5.41) is 12.5. The minimum atomic E-state index is -0.825. The summed E-state index contributed by atoms with van der Waals surface area (Å²) < 4.78 is 5.32. The maximum atomic E-state index is 12.6. The number of nitrogens with one attached hydrogen (secondary N) is 1. The minimum Gasteiger partial charge on any atom is -0.508 e. The van der Waals surface area contributed by atoms with Gasteiger partial charge in [0, 0.05) is 5.54 Å². The van der Waals surface area contributed by atoms with Gasteiger partial charge < -0.3 is 15.2 Å². The van der Waals surface area contributed by atoms with Gasteiger partial charge in [-0.15, -0.1) is 0 Å². The molecule has 2 N–H and O–H groups in total. The van der Waals surface area contributed by atoms with Gasteiger partial charge in [0.1, 0.15) is 5.75 Å². The molecule has 5 nitrogen and oxygen atoms in total. The van der Waals surface area contributed by atoms with Crippen LogP contribution >= 0.6 is 0 Å². The SMILES string of the molecule is C[C@H](OC(=O)c1ccc(O)cc1)C(=O)NC12CC3CC(CC(C3)C1)C2. The molecule has 4 saturated carbocycles. The highest BCUT2D eigenvalue weighted by Gasteiger charge is 2.51. The van der Waals surface area contributed by atoms with Gasteiger partial charge in [-0.2, -0.15) is 0 Å². The molecule has 1 atom stereocenters. The van der Waals surface area contributed by atoms with Crippen molar-refractivity contribution < 1.29 is 19.4 Å². The van der Waals surface area contributed by atoms with E-state index in [2.05, 4.69) is 5.32 Å². The molecule has 1 aromatic carbocycles. The van der Waals surface area contributed by atoms with Crippen LogP contribution in [0.15, 0.2) is 24.3 Å². The van der Waals surface area contributed by atoms with Gasteiger partial charge in [-0.1, -0.05) is 0 Å². The van der Waals surface area contributed by atoms with Crippen LogP contribution in [0.1, 0.15) is 55.8 Å². The molecule has 1 aromatic rings. The molecule has 5 heteroatoms. The van der Waals surface area contributed by atoms with E-state index in [1.165, 1.54) is 43.5 Å². The van der Waals surface area contributed by atoms with E-state index in [-0.39, 0.29) is 17.2 Å². The Kier molecular flexibility index (Phi) is 3.97. The van der Waals surface area contributed by atoms with Crippen molar-refractivity contribution in [2.75, 3.05) is 0 Å². The summed E-state index contributed by atoms with van der Waals surface area (Å²) in [6.07, 6.45) is 6.35. The number of amides is 1. The molecule has 0 heterocycles. The van der Waals surface area contributed by atoms with Gasteiger partial charge in [-0.3, -0.25) is 4.79 Å². The molecular weight excluding hydrogens is 318 g/mol. The molecule has 0 spiro atoms. The molecule has 1 amide bonds. The maximum absolute atomic E-state index is 12.6. The van der Waals surface area contributed by atoms with Crippen molar-refractivity contribution in [3.63, 3.8) is 0 Å². The van der Waals surface area contributed by atoms with Gasteiger partial charge in [0.15, 0.2) is 6.10 Å². The topological polar surface area (TPSA) is 75.6 Å². The third-order valence-corrected chi connectivity index (χ3v) is 6.18. The summed E-state index contributed by atoms with van der Waals surface area (Å²) >= 11 is 0. The van der Waals surface area contributed by atoms with E-state index < -0.39 is 12.1 Å². The number of carbonyl (C=O) groups excluding carboxylic acids is 2. The Bertz CT molecular complexity index is 646. The number of phenols is 1. The molecule has 4 fully saturated rings. The van der Waals surface area contributed by atoms with Crippen LogP contribution in [-0.2, 0) is 9.53 Å². The molecule has 5 rings (SSSR count). The summed E-state index contributed by atoms with van der Waals surface area (Å²) in [6, 6.07) is 5.83. The van der Waals surface area contributed by atoms with E-state index in [9.17, 15) is 14.7 Å². The van der Waals surface area contributed by atoms with Gasteiger partial charge >= 0.3 is 5.97 Å². The normalized spacial score (nSPS) is 33.7. The third-order valence-electron chi connectivity index (χ3n) is 6.18. The van der Waals surface area contributed by atoms with Gasteiger partial charge in [0.2, 0.25) is 0 Å². The maximum Gasteiger partial charge on any atom is 0.338 e. The zero-order chi connectivity index (χ0) is 17.6. The Labute approximate surface area is 147 Å². The first-order chi connectivity index (χ1) is 11.9. The van der Waals surface area contributed by atoms with Crippen LogP contribution in [0.2, 0.25) is 0 Å². The average molecular weight is 343 g/mol. The van der Waals surface area contributed by atoms with Crippen LogP contribution < -0.4 is 5.32 Å². The Morgan fingerprint density at radius 1 is 1.08 bits per heavy atom. The van der Waals surface area contributed by atoms with E-state index in [4.69, 9.17) is 4.74 Å². The standard InChI is InChI=1S/C20H25NO4/c1-12(25-19(24)16-2-4-17(22)5-3-16)18(23)21-20-9-13-6-14(10-20)8-15(7-13)11-20/h2-5,12-15,22H,6-11H2,1H3,(H,21,23)/t12-,13?,14?,15?,20?/m0/s1. The van der Waals surface area contributed by atoms with E-state index in [0.717, 1.165) is 37.0 Å². The summed E-state index contributed by atoms with van der Waals surface area (Å²) in [4.78, 5) is 24.8. The van der Waals surface area contributed by atoms with E-state index >= 15 is 0 Å². The van der Waals surface area contributed by atoms with Crippen LogP contribution in [0.4, 0.5) is 0 Å². The second-order valence-corrected chi connectivity index (χ2v) is 8.28. The molecule has 25 heavy (non-hydrogen) atoms. The van der Waals surface area contributed by atoms with E-state index in [0.29, 0.717) is 5.56 Å². The summed E-state index contributed by atoms with van der Waals surface area (Å²) in [7, 11) is 0. The van der Waals surface area contributed by atoms with Crippen molar-refractivity contribution >= 4 is 11.9 Å². The van der Waals surface area contributed by atoms with E-state index in [1.54, 1.807) is 6.92 Å². The number of hydrogen-bond donors (Lipinski definition) is 2. The number of esters is 1. The van der Waals surface area contributed by atoms with Crippen molar-refractivity contribution in [3.05, 3.63) is 29.8 Å². The fourth-order valence-electron chi connectivity index (χ4n) is 5.51. The van der Waals surface area contributed by atoms with Crippen molar-refractivity contribution in [2.45, 2.75) is 57.1 Å². The molecule has 134 valence electrons. The lowest BCUT2D eigenvalue weighted by Gasteiger charge is -2.57. The van der Waals surface area contributed by atoms with Crippen LogP contribution in [0, 0.1) is 17.8 Å². The van der Waals surface area contributed by atoms with Crippen molar-refractivity contribution in [2.24, 2.45) is 17.8 Å². The highest BCUT2D eigenvalue weighted by atomic mass is 16.5. The fourth-order valence-corrected chi connectivity index (χ4v) is 5.51. The number of carbonyl (C=O) groups is 2. The Hall–Kier alpha value is -2.04. The first kappa shape index (κ1) is 16.4. The first-order valence-electron chi connectivity index (χ1n) is 9.24. The number of aromatic hydroxyl groups is 1. The smallest absolute Gasteiger partial charge is 0.338 e. The Morgan fingerprint density at radius 3 is 2.12 bits per heavy atom. The lowest BCUT2D eigenvalue weighted by molar-refractivity contribution is -0.134. The third kappa shape index (κ3) is 3.24. The van der Waals surface area contributed by atoms with Crippen molar-refractivity contribution in [1.29, 1.82) is 0 Å². The Morgan fingerprint density at radius 2 is 1.60 bits per heavy atom. The van der Waals surface area contributed by atoms with Gasteiger partial charge in [-0.05, 0) is 87.5 Å². The van der Waals surface area contributed by atoms with Crippen LogP contribution in [0.25, 0.3) is 0 Å². The molecule has 0 unspecified atom stereocenters. The molecule has 0 saturated heterocycles. The number of phenolic OH excluding ortho intramolecular Hbond substituents is 1. The second-order valence-electron chi connectivity index (χ2n) is 8.28. The largest absolute Gasteiger partial charge is 0.508 e.